The molecule has 0 fully saturated rings. The summed E-state index contributed by atoms with van der Waals surface area (Å²) in [5.74, 6) is -0.149. The fourth-order valence-electron chi connectivity index (χ4n) is 2.68. The predicted octanol–water partition coefficient (Wildman–Crippen LogP) is 5.05. The van der Waals surface area contributed by atoms with Gasteiger partial charge >= 0.3 is 0 Å². The fourth-order valence-corrected chi connectivity index (χ4v) is 3.67. The molecule has 1 atom stereocenters. The summed E-state index contributed by atoms with van der Waals surface area (Å²) in [5, 5.41) is 7.00. The summed E-state index contributed by atoms with van der Waals surface area (Å²) in [5.41, 5.74) is 3.07. The van der Waals surface area contributed by atoms with E-state index in [2.05, 4.69) is 41.9 Å². The van der Waals surface area contributed by atoms with Gasteiger partial charge in [-0.15, -0.1) is 11.3 Å². The van der Waals surface area contributed by atoms with E-state index in [1.807, 2.05) is 19.1 Å². The van der Waals surface area contributed by atoms with Crippen molar-refractivity contribution in [1.82, 2.24) is 5.32 Å². The van der Waals surface area contributed by atoms with E-state index in [0.29, 0.717) is 5.56 Å². The molecule has 1 nitrogen and oxygen atoms in total. The third-order valence-electron chi connectivity index (χ3n) is 3.75. The van der Waals surface area contributed by atoms with E-state index < -0.39 is 0 Å². The van der Waals surface area contributed by atoms with Crippen molar-refractivity contribution in [3.8, 4) is 0 Å². The van der Waals surface area contributed by atoms with Gasteiger partial charge in [0.05, 0.1) is 6.04 Å². The normalized spacial score (nSPS) is 12.7. The zero-order valence-corrected chi connectivity index (χ0v) is 13.0. The van der Waals surface area contributed by atoms with Crippen LogP contribution in [0.5, 0.6) is 0 Å². The van der Waals surface area contributed by atoms with Crippen molar-refractivity contribution in [2.45, 2.75) is 19.9 Å². The molecule has 0 aliphatic heterocycles. The van der Waals surface area contributed by atoms with Crippen LogP contribution in [0.4, 0.5) is 4.39 Å². The fraction of sp³-hybridized carbons (Fsp3) is 0.222. The van der Waals surface area contributed by atoms with Crippen LogP contribution in [-0.4, -0.2) is 6.54 Å². The summed E-state index contributed by atoms with van der Waals surface area (Å²) in [4.78, 5) is 0. The first kappa shape index (κ1) is 14.2. The molecule has 108 valence electrons. The average Bonchev–Trinajstić information content (AvgIpc) is 2.92. The summed E-state index contributed by atoms with van der Waals surface area (Å²) >= 11 is 1.76. The second-order valence-electron chi connectivity index (χ2n) is 5.19. The van der Waals surface area contributed by atoms with Gasteiger partial charge in [0.2, 0.25) is 0 Å². The van der Waals surface area contributed by atoms with Gasteiger partial charge in [0, 0.05) is 4.70 Å². The van der Waals surface area contributed by atoms with E-state index in [1.54, 1.807) is 17.4 Å². The number of benzene rings is 2. The van der Waals surface area contributed by atoms with Crippen LogP contribution in [0.3, 0.4) is 0 Å². The van der Waals surface area contributed by atoms with Gasteiger partial charge in [0.15, 0.2) is 0 Å². The first-order valence-electron chi connectivity index (χ1n) is 7.16. The molecule has 0 bridgehead atoms. The Morgan fingerprint density at radius 2 is 2.00 bits per heavy atom. The van der Waals surface area contributed by atoms with Crippen LogP contribution in [0.25, 0.3) is 10.1 Å². The van der Waals surface area contributed by atoms with Crippen LogP contribution in [0, 0.1) is 12.7 Å². The molecular weight excluding hydrogens is 281 g/mol. The van der Waals surface area contributed by atoms with Crippen molar-refractivity contribution in [1.29, 1.82) is 0 Å². The average molecular weight is 299 g/mol. The standard InChI is InChI=1S/C18H18FNS/c1-3-20-18(13-8-9-16(19)12(2)10-13)15-11-21-17-7-5-4-6-14(15)17/h4-11,18,20H,3H2,1-2H3. The van der Waals surface area contributed by atoms with Crippen LogP contribution >= 0.6 is 11.3 Å². The van der Waals surface area contributed by atoms with E-state index in [0.717, 1.165) is 12.1 Å². The Labute approximate surface area is 128 Å². The van der Waals surface area contributed by atoms with E-state index in [1.165, 1.54) is 15.6 Å². The van der Waals surface area contributed by atoms with Crippen molar-refractivity contribution < 1.29 is 4.39 Å². The number of halogens is 1. The minimum atomic E-state index is -0.149. The molecule has 0 amide bonds. The lowest BCUT2D eigenvalue weighted by Crippen LogP contribution is -2.21. The molecule has 21 heavy (non-hydrogen) atoms. The molecule has 1 heterocycles. The maximum absolute atomic E-state index is 13.5. The Balaban J connectivity index is 2.11. The highest BCUT2D eigenvalue weighted by Gasteiger charge is 2.17. The van der Waals surface area contributed by atoms with Gasteiger partial charge < -0.3 is 5.32 Å². The topological polar surface area (TPSA) is 12.0 Å². The van der Waals surface area contributed by atoms with E-state index in [-0.39, 0.29) is 11.9 Å². The third-order valence-corrected chi connectivity index (χ3v) is 4.73. The number of aryl methyl sites for hydroxylation is 1. The molecule has 0 radical (unpaired) electrons. The number of rotatable bonds is 4. The molecule has 0 aliphatic carbocycles. The van der Waals surface area contributed by atoms with Crippen molar-refractivity contribution in [3.63, 3.8) is 0 Å². The molecule has 3 aromatic rings. The van der Waals surface area contributed by atoms with Crippen molar-refractivity contribution in [2.24, 2.45) is 0 Å². The van der Waals surface area contributed by atoms with Crippen molar-refractivity contribution >= 4 is 21.4 Å². The van der Waals surface area contributed by atoms with Gasteiger partial charge in [0.1, 0.15) is 5.82 Å². The Hall–Kier alpha value is -1.71. The number of thiophene rings is 1. The maximum Gasteiger partial charge on any atom is 0.126 e. The third kappa shape index (κ3) is 2.71. The molecule has 3 heteroatoms. The first-order chi connectivity index (χ1) is 10.2. The van der Waals surface area contributed by atoms with Crippen LogP contribution in [0.15, 0.2) is 47.8 Å². The summed E-state index contributed by atoms with van der Waals surface area (Å²) in [6, 6.07) is 13.9. The quantitative estimate of drug-likeness (QED) is 0.711. The number of nitrogens with one attached hydrogen (secondary N) is 1. The van der Waals surface area contributed by atoms with Gasteiger partial charge in [-0.05, 0) is 53.1 Å². The molecule has 2 aromatic carbocycles. The smallest absolute Gasteiger partial charge is 0.126 e. The number of hydrogen-bond donors (Lipinski definition) is 1. The highest BCUT2D eigenvalue weighted by atomic mass is 32.1. The molecular formula is C18H18FNS. The number of fused-ring (bicyclic) bond motifs is 1. The summed E-state index contributed by atoms with van der Waals surface area (Å²) < 4.78 is 14.8. The lowest BCUT2D eigenvalue weighted by atomic mass is 9.96. The highest BCUT2D eigenvalue weighted by Crippen LogP contribution is 2.33. The molecule has 0 saturated carbocycles. The van der Waals surface area contributed by atoms with Crippen LogP contribution in [0.2, 0.25) is 0 Å². The Morgan fingerprint density at radius 3 is 2.76 bits per heavy atom. The van der Waals surface area contributed by atoms with Gasteiger partial charge in [-0.25, -0.2) is 4.39 Å². The predicted molar refractivity (Wildman–Crippen MR) is 88.5 cm³/mol. The summed E-state index contributed by atoms with van der Waals surface area (Å²) in [6.45, 7) is 4.77. The Kier molecular flexibility index (Phi) is 4.04. The molecule has 1 aromatic heterocycles. The van der Waals surface area contributed by atoms with Gasteiger partial charge in [0.25, 0.3) is 0 Å². The second-order valence-corrected chi connectivity index (χ2v) is 6.10. The SMILES string of the molecule is CCNC(c1ccc(F)c(C)c1)c1csc2ccccc12. The minimum Gasteiger partial charge on any atom is -0.306 e. The zero-order valence-electron chi connectivity index (χ0n) is 12.2. The highest BCUT2D eigenvalue weighted by molar-refractivity contribution is 7.17. The summed E-state index contributed by atoms with van der Waals surface area (Å²) in [7, 11) is 0. The van der Waals surface area contributed by atoms with Gasteiger partial charge in [-0.1, -0.05) is 37.3 Å². The molecule has 0 aliphatic rings. The molecule has 0 spiro atoms. The zero-order chi connectivity index (χ0) is 14.8. The van der Waals surface area contributed by atoms with Crippen LogP contribution in [-0.2, 0) is 0 Å². The van der Waals surface area contributed by atoms with Gasteiger partial charge in [-0.3, -0.25) is 0 Å². The van der Waals surface area contributed by atoms with Crippen molar-refractivity contribution in [3.05, 3.63) is 70.4 Å². The monoisotopic (exact) mass is 299 g/mol. The largest absolute Gasteiger partial charge is 0.306 e. The Morgan fingerprint density at radius 1 is 1.19 bits per heavy atom. The van der Waals surface area contributed by atoms with Crippen LogP contribution < -0.4 is 5.32 Å². The van der Waals surface area contributed by atoms with Crippen molar-refractivity contribution in [2.75, 3.05) is 6.54 Å². The second kappa shape index (κ2) is 5.96. The molecule has 1 N–H and O–H groups in total. The van der Waals surface area contributed by atoms with E-state index in [4.69, 9.17) is 0 Å². The summed E-state index contributed by atoms with van der Waals surface area (Å²) in [6.07, 6.45) is 0. The molecule has 1 unspecified atom stereocenters. The molecule has 0 saturated heterocycles. The lowest BCUT2D eigenvalue weighted by molar-refractivity contribution is 0.608. The van der Waals surface area contributed by atoms with Gasteiger partial charge in [-0.2, -0.15) is 0 Å². The van der Waals surface area contributed by atoms with E-state index in [9.17, 15) is 4.39 Å². The minimum absolute atomic E-state index is 0.102. The maximum atomic E-state index is 13.5. The first-order valence-corrected chi connectivity index (χ1v) is 8.04. The number of hydrogen-bond acceptors (Lipinski definition) is 2. The lowest BCUT2D eigenvalue weighted by Gasteiger charge is -2.19. The van der Waals surface area contributed by atoms with E-state index >= 15 is 0 Å². The molecule has 3 rings (SSSR count). The van der Waals surface area contributed by atoms with Crippen LogP contribution in [0.1, 0.15) is 29.7 Å². The Bertz CT molecular complexity index is 763.